The van der Waals surface area contributed by atoms with Crippen LogP contribution in [0.2, 0.25) is 0 Å². The third kappa shape index (κ3) is 37.6. The molecule has 131 heavy (non-hydrogen) atoms. The van der Waals surface area contributed by atoms with Crippen molar-refractivity contribution in [3.05, 3.63) is 190 Å². The minimum absolute atomic E-state index is 0.0150. The molecule has 0 aliphatic carbocycles. The van der Waals surface area contributed by atoms with Crippen molar-refractivity contribution in [1.29, 1.82) is 0 Å². The molecule has 0 bridgehead atoms. The number of ether oxygens (including phenoxy) is 3. The first-order chi connectivity index (χ1) is 62.1. The Morgan fingerprint density at radius 1 is 0.557 bits per heavy atom. The largest absolute Gasteiger partial charge is 0.481 e. The van der Waals surface area contributed by atoms with E-state index in [0.29, 0.717) is 117 Å². The van der Waals surface area contributed by atoms with E-state index >= 15 is 0 Å². The summed E-state index contributed by atoms with van der Waals surface area (Å²) >= 11 is 0. The standard InChI is InChI=1S/C91H127N13O23P2S2/c1-63(2)81(87(111)101-76(26-22-52-98-88(93)112)86(110)100-71-39-33-66(34-40-71)60-122-89(113)99-51-19-11-21-56-126-129(116,117)127-128(114,115)125-55-20-10-17-49-92)102-79(106)28-12-9-18-50-96-82-74-24-14-13-23-69(74)59-104(77-27-16-15-25-75(77)83(82)103-94)80(107)45-53-95-78(105)46-57-123-91(7,8)48-58-124-90(5,6)47-54-97-85(109)68-37-35-67(36-38-68)84(108)70(61-130(118,119)72-41-29-64(3)30-42-72)62-131(120,121)73-43-31-65(4)32-44-73/h13-16,23-25,27,29-44,63,70,76,81H,9-12,17-22,26,28,45-62,92,94H2,1-8H3,(H,95,105)(H,97,109)(H,99,113)(H,100,110)(H,101,111)(H,102,106)(H,114,115)(H,116,117)(H3,93,98,112)/t76-,81-/m1/s1. The summed E-state index contributed by atoms with van der Waals surface area (Å²) in [4.78, 5) is 147. The molecule has 40 heteroatoms. The molecule has 15 N–H and O–H groups in total. The molecule has 7 rings (SSSR count). The van der Waals surface area contributed by atoms with Crippen LogP contribution in [0.15, 0.2) is 165 Å². The van der Waals surface area contributed by atoms with E-state index in [-0.39, 0.29) is 137 Å². The second-order valence-electron chi connectivity index (χ2n) is 33.4. The number of aliphatic imine (C=N–C) groups is 1. The Balaban J connectivity index is 0.808. The van der Waals surface area contributed by atoms with Crippen LogP contribution in [0.25, 0.3) is 0 Å². The Bertz CT molecular complexity index is 5140. The van der Waals surface area contributed by atoms with Crippen LogP contribution in [0.4, 0.5) is 21.0 Å². The van der Waals surface area contributed by atoms with Crippen molar-refractivity contribution in [2.75, 3.05) is 87.4 Å². The van der Waals surface area contributed by atoms with Gasteiger partial charge >= 0.3 is 27.8 Å². The third-order valence-corrected chi connectivity index (χ3v) is 27.6. The van der Waals surface area contributed by atoms with E-state index in [9.17, 15) is 78.9 Å². The highest BCUT2D eigenvalue weighted by atomic mass is 32.2. The third-order valence-electron chi connectivity index (χ3n) is 21.2. The van der Waals surface area contributed by atoms with Crippen LogP contribution in [0.5, 0.6) is 0 Å². The number of nitrogens with two attached hydrogens (primary N) is 3. The molecule has 9 amide bonds. The molecule has 0 saturated heterocycles. The Kier molecular flexibility index (Phi) is 43.3. The molecule has 1 heterocycles. The zero-order chi connectivity index (χ0) is 96.0. The topological polar surface area (TPSA) is 542 Å². The van der Waals surface area contributed by atoms with Gasteiger partial charge in [0.05, 0.1) is 82.8 Å². The lowest BCUT2D eigenvalue weighted by Crippen LogP contribution is -2.54. The lowest BCUT2D eigenvalue weighted by atomic mass is 9.91. The number of aryl methyl sites for hydroxylation is 2. The van der Waals surface area contributed by atoms with E-state index in [1.807, 2.05) is 52.0 Å². The number of carbonyl (C=O) groups excluding carboxylic acids is 9. The number of nitrogens with one attached hydrogen (secondary N) is 7. The van der Waals surface area contributed by atoms with E-state index in [1.54, 1.807) is 105 Å². The van der Waals surface area contributed by atoms with Gasteiger partial charge in [-0.1, -0.05) is 122 Å². The minimum Gasteiger partial charge on any atom is -0.445 e. The summed E-state index contributed by atoms with van der Waals surface area (Å²) in [6.07, 6.45) is 4.88. The average Bonchev–Trinajstić information content (AvgIpc) is 0.765. The van der Waals surface area contributed by atoms with Gasteiger partial charge in [-0.25, -0.2) is 35.6 Å². The summed E-state index contributed by atoms with van der Waals surface area (Å²) in [5.41, 5.74) is 15.5. The number of phosphoric ester groups is 2. The van der Waals surface area contributed by atoms with Gasteiger partial charge in [-0.3, -0.25) is 47.6 Å². The average molecular weight is 1900 g/mol. The van der Waals surface area contributed by atoms with Gasteiger partial charge in [-0.2, -0.15) is 9.41 Å². The number of ketones is 1. The van der Waals surface area contributed by atoms with Crippen LogP contribution in [0.3, 0.4) is 0 Å². The van der Waals surface area contributed by atoms with E-state index < -0.39 is 123 Å². The molecule has 0 saturated carbocycles. The molecular formula is C91H127N13O23P2S2. The maximum absolute atomic E-state index is 14.4. The van der Waals surface area contributed by atoms with Crippen molar-refractivity contribution >= 4 is 111 Å². The van der Waals surface area contributed by atoms with Crippen molar-refractivity contribution in [2.45, 2.75) is 204 Å². The molecule has 0 spiro atoms. The summed E-state index contributed by atoms with van der Waals surface area (Å²) in [7, 11) is -18.0. The number of nitrogens with zero attached hydrogens (tertiary/aromatic N) is 3. The monoisotopic (exact) mass is 1900 g/mol. The number of para-hydroxylation sites is 1. The highest BCUT2D eigenvalue weighted by molar-refractivity contribution is 7.92. The summed E-state index contributed by atoms with van der Waals surface area (Å²) in [6, 6.07) is 35.9. The fourth-order valence-corrected chi connectivity index (χ4v) is 19.1. The van der Waals surface area contributed by atoms with Gasteiger partial charge in [-0.15, -0.1) is 0 Å². The number of anilines is 2. The molecule has 1 aliphatic heterocycles. The number of hydrogen-bond acceptors (Lipinski definition) is 25. The highest BCUT2D eigenvalue weighted by Crippen LogP contribution is 2.60. The number of fused-ring (bicyclic) bond motifs is 2. The number of hydrogen-bond donors (Lipinski definition) is 12. The molecule has 0 aromatic heterocycles. The fourth-order valence-electron chi connectivity index (χ4n) is 13.8. The number of rotatable bonds is 56. The second kappa shape index (κ2) is 52.7. The Morgan fingerprint density at radius 2 is 1.13 bits per heavy atom. The smallest absolute Gasteiger partial charge is 0.445 e. The normalized spacial score (nSPS) is 14.4. The molecule has 4 atom stereocenters. The highest BCUT2D eigenvalue weighted by Gasteiger charge is 2.38. The molecule has 6 aromatic rings. The van der Waals surface area contributed by atoms with Gasteiger partial charge in [0.1, 0.15) is 24.4 Å². The maximum Gasteiger partial charge on any atom is 0.481 e. The van der Waals surface area contributed by atoms with Crippen molar-refractivity contribution in [1.82, 2.24) is 31.9 Å². The zero-order valence-corrected chi connectivity index (χ0v) is 79.1. The number of urea groups is 1. The van der Waals surface area contributed by atoms with Crippen LogP contribution < -0.4 is 59.4 Å². The first-order valence-electron chi connectivity index (χ1n) is 43.8. The molecule has 716 valence electrons. The van der Waals surface area contributed by atoms with Crippen molar-refractivity contribution in [3.63, 3.8) is 0 Å². The zero-order valence-electron chi connectivity index (χ0n) is 75.6. The van der Waals surface area contributed by atoms with Gasteiger partial charge in [0.15, 0.2) is 25.5 Å². The number of benzene rings is 6. The molecular weight excluding hydrogens is 1770 g/mol. The molecule has 1 aliphatic rings. The van der Waals surface area contributed by atoms with Gasteiger partial charge in [0.25, 0.3) is 5.91 Å². The minimum atomic E-state index is -4.90. The number of carbonyl (C=O) groups is 9. The SMILES string of the molecule is Cc1ccc(S(=O)(=O)CC(CS(=O)(=O)c2ccc(C)cc2)C(=O)c2ccc(C(=O)NCCC(C)(C)OCCC(C)(C)OCCC(=O)NCCC(=O)N3Cc4ccccc4C(=NCCCCCC(=O)N[C@@H](C(=O)N[C@H](CCCNC(N)=O)C(=O)Nc4ccc(COC(=O)NCCCCCOP(=O)(O)OP(=O)(O)OCCCCCN)cc4)C(C)C)C(=NN)c4ccccc43)cc2)cc1. The second-order valence-corrected chi connectivity index (χ2v) is 40.5. The summed E-state index contributed by atoms with van der Waals surface area (Å²) in [5.74, 6) is -0.494. The van der Waals surface area contributed by atoms with Gasteiger partial charge in [0, 0.05) is 79.9 Å². The van der Waals surface area contributed by atoms with Crippen molar-refractivity contribution < 1.29 is 106 Å². The van der Waals surface area contributed by atoms with Crippen LogP contribution in [0, 0.1) is 25.7 Å². The fraction of sp³-hybridized carbons (Fsp3) is 0.484. The van der Waals surface area contributed by atoms with E-state index in [0.717, 1.165) is 16.7 Å². The number of sulfone groups is 2. The quantitative estimate of drug-likeness (QED) is 0.00555. The first-order valence-corrected chi connectivity index (χ1v) is 50.1. The first kappa shape index (κ1) is 108. The predicted molar refractivity (Wildman–Crippen MR) is 497 cm³/mol. The lowest BCUT2D eigenvalue weighted by molar-refractivity contribution is -0.132. The Morgan fingerprint density at radius 3 is 1.74 bits per heavy atom. The summed E-state index contributed by atoms with van der Waals surface area (Å²) < 4.78 is 110. The van der Waals surface area contributed by atoms with Gasteiger partial charge in [0.2, 0.25) is 29.5 Å². The maximum atomic E-state index is 14.4. The van der Waals surface area contributed by atoms with Crippen LogP contribution in [0.1, 0.15) is 198 Å². The predicted octanol–water partition coefficient (Wildman–Crippen LogP) is 10.8. The number of Topliss-reactive ketones (excluding diaryl/α,β-unsaturated/α-hetero) is 1. The van der Waals surface area contributed by atoms with E-state index in [1.165, 1.54) is 48.5 Å². The number of phosphoric acid groups is 2. The van der Waals surface area contributed by atoms with Crippen molar-refractivity contribution in [2.24, 2.45) is 39.2 Å². The Labute approximate surface area is 766 Å². The van der Waals surface area contributed by atoms with E-state index in [2.05, 4.69) is 46.6 Å². The molecule has 0 fully saturated rings. The number of primary amides is 1. The van der Waals surface area contributed by atoms with Crippen LogP contribution >= 0.6 is 15.6 Å². The Hall–Kier alpha value is -10.5. The van der Waals surface area contributed by atoms with Gasteiger partial charge < -0.3 is 83.4 Å². The molecule has 6 aromatic carbocycles. The summed E-state index contributed by atoms with van der Waals surface area (Å²) in [5, 5.41) is 23.5. The number of unbranched alkanes of at least 4 members (excludes halogenated alkanes) is 6. The lowest BCUT2D eigenvalue weighted by Gasteiger charge is -2.30. The number of alkyl carbamates (subject to hydrolysis) is 1. The van der Waals surface area contributed by atoms with Crippen molar-refractivity contribution in [3.8, 4) is 0 Å². The molecule has 2 unspecified atom stereocenters. The van der Waals surface area contributed by atoms with E-state index in [4.69, 9.17) is 45.6 Å². The molecule has 36 nitrogen and oxygen atoms in total. The number of hydrazone groups is 1. The van der Waals surface area contributed by atoms with Crippen LogP contribution in [-0.4, -0.2) is 192 Å². The number of amides is 9. The van der Waals surface area contributed by atoms with Gasteiger partial charge in [-0.05, 0) is 197 Å². The van der Waals surface area contributed by atoms with Crippen LogP contribution in [-0.2, 0) is 93.5 Å². The summed E-state index contributed by atoms with van der Waals surface area (Å²) in [6.45, 7) is 15.9. The molecule has 0 radical (unpaired) electrons.